The lowest BCUT2D eigenvalue weighted by atomic mass is 10.1. The minimum Gasteiger partial charge on any atom is -0.493 e. The van der Waals surface area contributed by atoms with E-state index in [0.717, 1.165) is 6.08 Å². The number of carbonyl (C=O) groups is 2. The summed E-state index contributed by atoms with van der Waals surface area (Å²) in [6.45, 7) is -0.697. The lowest BCUT2D eigenvalue weighted by molar-refractivity contribution is -0.142. The van der Waals surface area contributed by atoms with Crippen molar-refractivity contribution < 1.29 is 37.0 Å². The van der Waals surface area contributed by atoms with E-state index in [1.165, 1.54) is 20.3 Å². The van der Waals surface area contributed by atoms with Crippen molar-refractivity contribution in [3.63, 3.8) is 0 Å². The van der Waals surface area contributed by atoms with E-state index in [4.69, 9.17) is 25.8 Å². The highest BCUT2D eigenvalue weighted by atomic mass is 35.5. The summed E-state index contributed by atoms with van der Waals surface area (Å²) in [6.07, 6.45) is -1.60. The molecule has 0 fully saturated rings. The van der Waals surface area contributed by atoms with Gasteiger partial charge < -0.3 is 19.5 Å². The van der Waals surface area contributed by atoms with Crippen molar-refractivity contribution in [1.29, 1.82) is 0 Å². The van der Waals surface area contributed by atoms with Gasteiger partial charge in [-0.05, 0) is 18.2 Å². The van der Waals surface area contributed by atoms with Gasteiger partial charge in [0.15, 0.2) is 23.9 Å². The fraction of sp³-hybridized carbons (Fsp3) is 0.211. The van der Waals surface area contributed by atoms with Crippen LogP contribution in [-0.4, -0.2) is 37.7 Å². The average molecular weight is 445 g/mol. The molecule has 0 saturated heterocycles. The van der Waals surface area contributed by atoms with Crippen molar-refractivity contribution in [2.75, 3.05) is 26.1 Å². The number of nitrogens with zero attached hydrogens (tertiary/aromatic N) is 1. The molecule has 1 amide bonds. The van der Waals surface area contributed by atoms with Gasteiger partial charge in [0.1, 0.15) is 0 Å². The smallest absolute Gasteiger partial charge is 0.417 e. The summed E-state index contributed by atoms with van der Waals surface area (Å²) in [5, 5.41) is 1.76. The lowest BCUT2D eigenvalue weighted by Gasteiger charge is -2.10. The maximum Gasteiger partial charge on any atom is 0.417 e. The highest BCUT2D eigenvalue weighted by Gasteiger charge is 2.31. The van der Waals surface area contributed by atoms with Gasteiger partial charge in [0.2, 0.25) is 0 Å². The third kappa shape index (κ3) is 6.11. The highest BCUT2D eigenvalue weighted by Crippen LogP contribution is 2.32. The first-order chi connectivity index (χ1) is 14.2. The standard InChI is InChI=1S/C19H16ClF3N2O5/c1-28-14-5-3-4-11(17(14)29-2)6-7-16(27)30-10-15(26)25-18-13(20)8-12(9-24-18)19(21,22)23/h3-9H,10H2,1-2H3,(H,24,25,26)/b7-6+. The molecule has 1 aromatic heterocycles. The summed E-state index contributed by atoms with van der Waals surface area (Å²) in [6, 6.07) is 5.68. The van der Waals surface area contributed by atoms with E-state index in [-0.39, 0.29) is 5.82 Å². The Morgan fingerprint density at radius 2 is 1.97 bits per heavy atom. The highest BCUT2D eigenvalue weighted by molar-refractivity contribution is 6.33. The number of nitrogens with one attached hydrogen (secondary N) is 1. The molecule has 0 bridgehead atoms. The number of hydrogen-bond acceptors (Lipinski definition) is 6. The predicted octanol–water partition coefficient (Wildman–Crippen LogP) is 3.97. The van der Waals surface area contributed by atoms with Crippen molar-refractivity contribution in [3.05, 3.63) is 52.7 Å². The van der Waals surface area contributed by atoms with Gasteiger partial charge in [-0.2, -0.15) is 13.2 Å². The first kappa shape index (κ1) is 23.0. The summed E-state index contributed by atoms with van der Waals surface area (Å²) >= 11 is 5.69. The Bertz CT molecular complexity index is 964. The number of rotatable bonds is 7. The molecule has 1 heterocycles. The number of pyridine rings is 1. The number of methoxy groups -OCH3 is 2. The topological polar surface area (TPSA) is 86.8 Å². The summed E-state index contributed by atoms with van der Waals surface area (Å²) in [7, 11) is 2.91. The molecule has 0 atom stereocenters. The number of aromatic nitrogens is 1. The number of hydrogen-bond donors (Lipinski definition) is 1. The van der Waals surface area contributed by atoms with Crippen LogP contribution in [0.1, 0.15) is 11.1 Å². The number of anilines is 1. The molecule has 0 aliphatic carbocycles. The number of carbonyl (C=O) groups excluding carboxylic acids is 2. The zero-order chi connectivity index (χ0) is 22.3. The van der Waals surface area contributed by atoms with Crippen molar-refractivity contribution >= 4 is 35.4 Å². The molecule has 0 radical (unpaired) electrons. The molecule has 0 aliphatic heterocycles. The molecule has 0 unspecified atom stereocenters. The maximum atomic E-state index is 12.6. The van der Waals surface area contributed by atoms with E-state index < -0.39 is 35.2 Å². The monoisotopic (exact) mass is 444 g/mol. The van der Waals surface area contributed by atoms with Crippen LogP contribution < -0.4 is 14.8 Å². The molecule has 160 valence electrons. The van der Waals surface area contributed by atoms with Gasteiger partial charge in [0.25, 0.3) is 5.91 Å². The van der Waals surface area contributed by atoms with Crippen LogP contribution in [0.25, 0.3) is 6.08 Å². The van der Waals surface area contributed by atoms with Crippen molar-refractivity contribution in [1.82, 2.24) is 4.98 Å². The molecule has 2 rings (SSSR count). The summed E-state index contributed by atoms with van der Waals surface area (Å²) < 4.78 is 52.9. The van der Waals surface area contributed by atoms with Gasteiger partial charge in [-0.3, -0.25) is 4.79 Å². The molecule has 1 N–H and O–H groups in total. The van der Waals surface area contributed by atoms with Crippen molar-refractivity contribution in [3.8, 4) is 11.5 Å². The molecule has 0 aliphatic rings. The third-order valence-corrected chi connectivity index (χ3v) is 3.89. The Labute approximate surface area is 174 Å². The molecular formula is C19H16ClF3N2O5. The maximum absolute atomic E-state index is 12.6. The van der Waals surface area contributed by atoms with Crippen LogP contribution in [0.5, 0.6) is 11.5 Å². The number of amides is 1. The van der Waals surface area contributed by atoms with Gasteiger partial charge in [0.05, 0.1) is 24.8 Å². The van der Waals surface area contributed by atoms with Crippen molar-refractivity contribution in [2.24, 2.45) is 0 Å². The van der Waals surface area contributed by atoms with Crippen LogP contribution >= 0.6 is 11.6 Å². The number of alkyl halides is 3. The Hall–Kier alpha value is -3.27. The van der Waals surface area contributed by atoms with Crippen LogP contribution in [0.3, 0.4) is 0 Å². The van der Waals surface area contributed by atoms with Crippen LogP contribution in [0, 0.1) is 0 Å². The van der Waals surface area contributed by atoms with Gasteiger partial charge in [-0.1, -0.05) is 23.7 Å². The number of esters is 1. The zero-order valence-corrected chi connectivity index (χ0v) is 16.5. The lowest BCUT2D eigenvalue weighted by Crippen LogP contribution is -2.21. The van der Waals surface area contributed by atoms with E-state index in [1.54, 1.807) is 18.2 Å². The first-order valence-electron chi connectivity index (χ1n) is 8.24. The fourth-order valence-electron chi connectivity index (χ4n) is 2.24. The quantitative estimate of drug-likeness (QED) is 0.513. The fourth-order valence-corrected chi connectivity index (χ4v) is 2.45. The van der Waals surface area contributed by atoms with E-state index >= 15 is 0 Å². The number of para-hydroxylation sites is 1. The molecule has 7 nitrogen and oxygen atoms in total. The second-order valence-electron chi connectivity index (χ2n) is 5.62. The van der Waals surface area contributed by atoms with Gasteiger partial charge in [0, 0.05) is 17.8 Å². The SMILES string of the molecule is COc1cccc(/C=C/C(=O)OCC(=O)Nc2ncc(C(F)(F)F)cc2Cl)c1OC. The molecular weight excluding hydrogens is 429 g/mol. The Morgan fingerprint density at radius 1 is 1.23 bits per heavy atom. The van der Waals surface area contributed by atoms with Crippen LogP contribution in [-0.2, 0) is 20.5 Å². The van der Waals surface area contributed by atoms with Gasteiger partial charge >= 0.3 is 12.1 Å². The Morgan fingerprint density at radius 3 is 2.57 bits per heavy atom. The molecule has 1 aromatic carbocycles. The first-order valence-corrected chi connectivity index (χ1v) is 8.62. The second kappa shape index (κ2) is 9.97. The van der Waals surface area contributed by atoms with E-state index in [9.17, 15) is 22.8 Å². The molecule has 0 spiro atoms. The van der Waals surface area contributed by atoms with E-state index in [1.807, 2.05) is 0 Å². The molecule has 11 heteroatoms. The normalized spacial score (nSPS) is 11.3. The number of halogens is 4. The summed E-state index contributed by atoms with van der Waals surface area (Å²) in [5.74, 6) is -1.08. The van der Waals surface area contributed by atoms with E-state index in [2.05, 4.69) is 10.3 Å². The van der Waals surface area contributed by atoms with Gasteiger partial charge in [-0.15, -0.1) is 0 Å². The molecule has 2 aromatic rings. The number of benzene rings is 1. The van der Waals surface area contributed by atoms with E-state index in [0.29, 0.717) is 29.3 Å². The van der Waals surface area contributed by atoms with Gasteiger partial charge in [-0.25, -0.2) is 9.78 Å². The second-order valence-corrected chi connectivity index (χ2v) is 6.03. The van der Waals surface area contributed by atoms with Crippen LogP contribution in [0.15, 0.2) is 36.5 Å². The van der Waals surface area contributed by atoms with Crippen LogP contribution in [0.2, 0.25) is 5.02 Å². The Kier molecular flexibility index (Phi) is 7.65. The summed E-state index contributed by atoms with van der Waals surface area (Å²) in [4.78, 5) is 27.1. The average Bonchev–Trinajstić information content (AvgIpc) is 2.70. The molecule has 0 saturated carbocycles. The zero-order valence-electron chi connectivity index (χ0n) is 15.7. The van der Waals surface area contributed by atoms with Crippen molar-refractivity contribution in [2.45, 2.75) is 6.18 Å². The van der Waals surface area contributed by atoms with Crippen LogP contribution in [0.4, 0.5) is 19.0 Å². The predicted molar refractivity (Wildman–Crippen MR) is 102 cm³/mol. The number of ether oxygens (including phenoxy) is 3. The largest absolute Gasteiger partial charge is 0.493 e. The minimum atomic E-state index is -4.62. The Balaban J connectivity index is 1.94. The third-order valence-electron chi connectivity index (χ3n) is 3.60. The summed E-state index contributed by atoms with van der Waals surface area (Å²) in [5.41, 5.74) is -0.519. The molecule has 30 heavy (non-hydrogen) atoms. The minimum absolute atomic E-state index is 0.289.